The summed E-state index contributed by atoms with van der Waals surface area (Å²) in [6.07, 6.45) is 1.14. The van der Waals surface area contributed by atoms with E-state index in [1.165, 1.54) is 0 Å². The fourth-order valence-corrected chi connectivity index (χ4v) is 1.74. The number of hydrogen-bond donors (Lipinski definition) is 1. The second-order valence-electron chi connectivity index (χ2n) is 3.69. The summed E-state index contributed by atoms with van der Waals surface area (Å²) in [7, 11) is 0. The first-order chi connectivity index (χ1) is 9.38. The summed E-state index contributed by atoms with van der Waals surface area (Å²) in [6.45, 7) is 0. The minimum Gasteiger partial charge on any atom is -0.319 e. The highest BCUT2D eigenvalue weighted by Gasteiger charge is 2.16. The van der Waals surface area contributed by atoms with Crippen LogP contribution < -0.4 is 5.32 Å². The third kappa shape index (κ3) is 3.02. The first kappa shape index (κ1) is 14.6. The third-order valence-electron chi connectivity index (χ3n) is 2.32. The molecule has 0 bridgehead atoms. The molecule has 2 aromatic rings. The molecular weight excluding hydrogens is 316 g/mol. The number of pyridine rings is 1. The molecule has 0 unspecified atom stereocenters. The highest BCUT2D eigenvalue weighted by Crippen LogP contribution is 2.22. The van der Waals surface area contributed by atoms with Crippen molar-refractivity contribution in [2.45, 2.75) is 0 Å². The fraction of sp³-hybridized carbons (Fsp3) is 0. The van der Waals surface area contributed by atoms with Crippen LogP contribution in [0, 0.1) is 17.5 Å². The number of amides is 1. The van der Waals surface area contributed by atoms with Gasteiger partial charge in [-0.3, -0.25) is 4.79 Å². The number of carbonyl (C=O) groups excluding carboxylic acids is 1. The van der Waals surface area contributed by atoms with Crippen LogP contribution in [0.15, 0.2) is 24.4 Å². The number of carbonyl (C=O) groups is 1. The smallest absolute Gasteiger partial charge is 0.257 e. The first-order valence-corrected chi connectivity index (χ1v) is 5.91. The van der Waals surface area contributed by atoms with Crippen LogP contribution in [-0.2, 0) is 0 Å². The Bertz CT molecular complexity index is 695. The molecule has 2 rings (SSSR count). The van der Waals surface area contributed by atoms with Crippen LogP contribution in [0.5, 0.6) is 0 Å². The standard InChI is InChI=1S/C12H5Cl2F3N2O/c13-6-4-18-11(14)1-5(6)12(20)19-10-3-8(16)7(15)2-9(10)17/h1-4H,(H,19,20). The van der Waals surface area contributed by atoms with E-state index in [0.29, 0.717) is 12.1 Å². The second kappa shape index (κ2) is 5.68. The van der Waals surface area contributed by atoms with Crippen molar-refractivity contribution in [1.82, 2.24) is 4.98 Å². The van der Waals surface area contributed by atoms with Crippen LogP contribution in [0.2, 0.25) is 10.2 Å². The Labute approximate surface area is 121 Å². The van der Waals surface area contributed by atoms with Gasteiger partial charge in [-0.15, -0.1) is 0 Å². The van der Waals surface area contributed by atoms with Crippen molar-refractivity contribution in [2.75, 3.05) is 5.32 Å². The van der Waals surface area contributed by atoms with Gasteiger partial charge in [-0.05, 0) is 6.07 Å². The van der Waals surface area contributed by atoms with Gasteiger partial charge in [-0.2, -0.15) is 0 Å². The monoisotopic (exact) mass is 320 g/mol. The van der Waals surface area contributed by atoms with Gasteiger partial charge in [-0.25, -0.2) is 18.2 Å². The minimum atomic E-state index is -1.36. The predicted molar refractivity (Wildman–Crippen MR) is 68.5 cm³/mol. The molecule has 1 amide bonds. The fourth-order valence-electron chi connectivity index (χ4n) is 1.40. The van der Waals surface area contributed by atoms with Crippen LogP contribution in [0.4, 0.5) is 18.9 Å². The van der Waals surface area contributed by atoms with Gasteiger partial charge in [0.25, 0.3) is 5.91 Å². The van der Waals surface area contributed by atoms with E-state index in [1.54, 1.807) is 0 Å². The molecule has 1 aromatic heterocycles. The minimum absolute atomic E-state index is 0.00492. The van der Waals surface area contributed by atoms with E-state index in [-0.39, 0.29) is 15.7 Å². The molecular formula is C12H5Cl2F3N2O. The van der Waals surface area contributed by atoms with Gasteiger partial charge in [0.1, 0.15) is 11.0 Å². The molecule has 1 aromatic carbocycles. The van der Waals surface area contributed by atoms with Crippen molar-refractivity contribution in [2.24, 2.45) is 0 Å². The maximum Gasteiger partial charge on any atom is 0.257 e. The summed E-state index contributed by atoms with van der Waals surface area (Å²) in [6, 6.07) is 2.02. The summed E-state index contributed by atoms with van der Waals surface area (Å²) < 4.78 is 39.2. The molecule has 0 saturated heterocycles. The Morgan fingerprint density at radius 3 is 2.40 bits per heavy atom. The lowest BCUT2D eigenvalue weighted by Crippen LogP contribution is -2.14. The molecule has 0 aliphatic heterocycles. The van der Waals surface area contributed by atoms with Gasteiger partial charge in [-0.1, -0.05) is 23.2 Å². The van der Waals surface area contributed by atoms with E-state index in [1.807, 2.05) is 0 Å². The molecule has 20 heavy (non-hydrogen) atoms. The van der Waals surface area contributed by atoms with E-state index in [9.17, 15) is 18.0 Å². The third-order valence-corrected chi connectivity index (χ3v) is 2.83. The SMILES string of the molecule is O=C(Nc1cc(F)c(F)cc1F)c1cc(Cl)ncc1Cl. The predicted octanol–water partition coefficient (Wildman–Crippen LogP) is 4.06. The Morgan fingerprint density at radius 1 is 1.05 bits per heavy atom. The molecule has 0 aliphatic carbocycles. The number of halogens is 5. The van der Waals surface area contributed by atoms with Gasteiger partial charge >= 0.3 is 0 Å². The highest BCUT2D eigenvalue weighted by atomic mass is 35.5. The van der Waals surface area contributed by atoms with E-state index < -0.39 is 29.0 Å². The molecule has 8 heteroatoms. The lowest BCUT2D eigenvalue weighted by molar-refractivity contribution is 0.102. The molecule has 0 aliphatic rings. The van der Waals surface area contributed by atoms with Crippen LogP contribution in [0.1, 0.15) is 10.4 Å². The maximum atomic E-state index is 13.4. The van der Waals surface area contributed by atoms with E-state index in [2.05, 4.69) is 10.3 Å². The summed E-state index contributed by atoms with van der Waals surface area (Å²) in [5, 5.41) is 2.06. The number of nitrogens with one attached hydrogen (secondary N) is 1. The van der Waals surface area contributed by atoms with Crippen LogP contribution in [-0.4, -0.2) is 10.9 Å². The van der Waals surface area contributed by atoms with Crippen molar-refractivity contribution >= 4 is 34.8 Å². The number of hydrogen-bond acceptors (Lipinski definition) is 2. The molecule has 0 radical (unpaired) electrons. The molecule has 1 heterocycles. The lowest BCUT2D eigenvalue weighted by atomic mass is 10.2. The molecule has 0 saturated carbocycles. The number of rotatable bonds is 2. The number of nitrogens with zero attached hydrogens (tertiary/aromatic N) is 1. The summed E-state index contributed by atoms with van der Waals surface area (Å²) in [4.78, 5) is 15.5. The summed E-state index contributed by atoms with van der Waals surface area (Å²) in [5.74, 6) is -4.59. The molecule has 0 atom stereocenters. The van der Waals surface area contributed by atoms with Gasteiger partial charge in [0.15, 0.2) is 11.6 Å². The molecule has 1 N–H and O–H groups in total. The van der Waals surface area contributed by atoms with Gasteiger partial charge < -0.3 is 5.32 Å². The average molecular weight is 321 g/mol. The topological polar surface area (TPSA) is 42.0 Å². The zero-order valence-corrected chi connectivity index (χ0v) is 11.1. The Balaban J connectivity index is 2.32. The largest absolute Gasteiger partial charge is 0.319 e. The zero-order chi connectivity index (χ0) is 14.9. The zero-order valence-electron chi connectivity index (χ0n) is 9.55. The maximum absolute atomic E-state index is 13.4. The average Bonchev–Trinajstić information content (AvgIpc) is 2.38. The first-order valence-electron chi connectivity index (χ1n) is 5.15. The van der Waals surface area contributed by atoms with Crippen LogP contribution in [0.25, 0.3) is 0 Å². The lowest BCUT2D eigenvalue weighted by Gasteiger charge is -2.08. The Hall–Kier alpha value is -1.79. The highest BCUT2D eigenvalue weighted by molar-refractivity contribution is 6.35. The Morgan fingerprint density at radius 2 is 1.70 bits per heavy atom. The van der Waals surface area contributed by atoms with Crippen LogP contribution >= 0.6 is 23.2 Å². The molecule has 0 fully saturated rings. The molecule has 104 valence electrons. The number of benzene rings is 1. The van der Waals surface area contributed by atoms with E-state index in [0.717, 1.165) is 12.3 Å². The second-order valence-corrected chi connectivity index (χ2v) is 4.48. The van der Waals surface area contributed by atoms with Gasteiger partial charge in [0.2, 0.25) is 0 Å². The number of aromatic nitrogens is 1. The van der Waals surface area contributed by atoms with Gasteiger partial charge in [0, 0.05) is 18.3 Å². The number of anilines is 1. The van der Waals surface area contributed by atoms with Crippen molar-refractivity contribution in [3.05, 3.63) is 57.6 Å². The quantitative estimate of drug-likeness (QED) is 0.669. The van der Waals surface area contributed by atoms with Crippen molar-refractivity contribution in [1.29, 1.82) is 0 Å². The van der Waals surface area contributed by atoms with Crippen LogP contribution in [0.3, 0.4) is 0 Å². The summed E-state index contributed by atoms with van der Waals surface area (Å²) >= 11 is 11.4. The normalized spacial score (nSPS) is 10.4. The van der Waals surface area contributed by atoms with Crippen molar-refractivity contribution in [3.8, 4) is 0 Å². The molecule has 3 nitrogen and oxygen atoms in total. The van der Waals surface area contributed by atoms with Gasteiger partial charge in [0.05, 0.1) is 16.3 Å². The van der Waals surface area contributed by atoms with E-state index >= 15 is 0 Å². The molecule has 0 spiro atoms. The van der Waals surface area contributed by atoms with Crippen molar-refractivity contribution in [3.63, 3.8) is 0 Å². The van der Waals surface area contributed by atoms with E-state index in [4.69, 9.17) is 23.2 Å². The van der Waals surface area contributed by atoms with Crippen molar-refractivity contribution < 1.29 is 18.0 Å². The Kier molecular flexibility index (Phi) is 4.15. The summed E-state index contributed by atoms with van der Waals surface area (Å²) in [5.41, 5.74) is -0.589.